The molecule has 15 heavy (non-hydrogen) atoms. The molecule has 0 aliphatic carbocycles. The first kappa shape index (κ1) is 18.1. The maximum atomic E-state index is 10.6. The number of hydrogen-bond acceptors (Lipinski definition) is 4. The molecule has 0 aliphatic rings. The maximum Gasteiger partial charge on any atom is 1.00 e. The zero-order chi connectivity index (χ0) is 9.68. The molecule has 0 bridgehead atoms. The van der Waals surface area contributed by atoms with Crippen LogP contribution in [0.3, 0.4) is 0 Å². The van der Waals surface area contributed by atoms with E-state index < -0.39 is 5.97 Å². The Hall–Kier alpha value is 0.775. The molecule has 0 fully saturated rings. The minimum absolute atomic E-state index is 0. The van der Waals surface area contributed by atoms with Crippen LogP contribution >= 0.6 is 12.0 Å². The van der Waals surface area contributed by atoms with Gasteiger partial charge >= 0.3 is 29.6 Å². The summed E-state index contributed by atoms with van der Waals surface area (Å²) in [6.45, 7) is 1.92. The van der Waals surface area contributed by atoms with Crippen LogP contribution in [-0.2, 0) is 27.7 Å². The van der Waals surface area contributed by atoms with E-state index in [-0.39, 0.29) is 62.8 Å². The van der Waals surface area contributed by atoms with Gasteiger partial charge in [-0.2, -0.15) is 0 Å². The zero-order valence-electron chi connectivity index (χ0n) is 8.86. The molecular weight excluding hydrogens is 412 g/mol. The molecule has 0 spiro atoms. The van der Waals surface area contributed by atoms with Crippen molar-refractivity contribution in [3.8, 4) is 5.75 Å². The number of benzene rings is 1. The third-order valence-electron chi connectivity index (χ3n) is 1.37. The topological polar surface area (TPSA) is 49.4 Å². The molecule has 72 valence electrons. The second-order valence-electron chi connectivity index (χ2n) is 2.27. The number of carboxylic acids is 1. The van der Waals surface area contributed by atoms with E-state index in [1.807, 2.05) is 6.92 Å². The summed E-state index contributed by atoms with van der Waals surface area (Å²) in [5.41, 5.74) is 0.0865. The van der Waals surface area contributed by atoms with Crippen LogP contribution in [0.2, 0.25) is 0 Å². The third kappa shape index (κ3) is 6.17. The van der Waals surface area contributed by atoms with E-state index in [9.17, 15) is 9.90 Å². The van der Waals surface area contributed by atoms with E-state index in [0.29, 0.717) is 5.75 Å². The molecule has 0 aromatic heterocycles. The van der Waals surface area contributed by atoms with Crippen molar-refractivity contribution >= 4 is 18.0 Å². The summed E-state index contributed by atoms with van der Waals surface area (Å²) in [5, 5.41) is 10.6. The van der Waals surface area contributed by atoms with Gasteiger partial charge in [-0.15, -0.1) is 0 Å². The summed E-state index contributed by atoms with van der Waals surface area (Å²) < 4.78 is 5.14. The van der Waals surface area contributed by atoms with Gasteiger partial charge in [-0.1, -0.05) is 19.1 Å². The van der Waals surface area contributed by atoms with Crippen LogP contribution < -0.4 is 38.8 Å². The number of carbonyl (C=O) groups is 1. The average molecular weight is 421 g/mol. The molecule has 0 atom stereocenters. The van der Waals surface area contributed by atoms with Crippen LogP contribution in [0.1, 0.15) is 17.3 Å². The van der Waals surface area contributed by atoms with Crippen LogP contribution in [-0.4, -0.2) is 11.7 Å². The molecule has 1 aromatic rings. The first-order valence-electron chi connectivity index (χ1n) is 3.85. The van der Waals surface area contributed by atoms with Gasteiger partial charge in [-0.25, -0.2) is 0 Å². The van der Waals surface area contributed by atoms with Crippen LogP contribution in [0, 0.1) is 0 Å². The third-order valence-corrected chi connectivity index (χ3v) is 1.91. The molecule has 0 unspecified atom stereocenters. The van der Waals surface area contributed by atoms with Crippen LogP contribution in [0.5, 0.6) is 5.75 Å². The summed E-state index contributed by atoms with van der Waals surface area (Å²) in [5.74, 6) is -0.108. The van der Waals surface area contributed by atoms with Gasteiger partial charge in [0.15, 0.2) is 0 Å². The van der Waals surface area contributed by atoms with Crippen molar-refractivity contribution in [2.24, 2.45) is 0 Å². The fraction of sp³-hybridized carbons (Fsp3) is 0.222. The number of carboxylic acid groups (broad SMARTS) is 1. The minimum atomic E-state index is -1.22. The molecule has 0 saturated carbocycles. The Kier molecular flexibility index (Phi) is 12.1. The Balaban J connectivity index is 0. The van der Waals surface area contributed by atoms with Crippen LogP contribution in [0.4, 0.5) is 0 Å². The van der Waals surface area contributed by atoms with Gasteiger partial charge < -0.3 is 14.1 Å². The number of para-hydroxylation sites is 1. The molecule has 0 radical (unpaired) electrons. The Labute approximate surface area is 136 Å². The Morgan fingerprint density at radius 2 is 2.07 bits per heavy atom. The summed E-state index contributed by atoms with van der Waals surface area (Å²) in [6, 6.07) is 6.42. The molecule has 0 N–H and O–H groups in total. The maximum absolute atomic E-state index is 10.6. The van der Waals surface area contributed by atoms with E-state index in [2.05, 4.69) is 0 Å². The van der Waals surface area contributed by atoms with E-state index in [4.69, 9.17) is 4.18 Å². The van der Waals surface area contributed by atoms with Crippen molar-refractivity contribution in [1.29, 1.82) is 0 Å². The largest absolute Gasteiger partial charge is 1.00 e. The minimum Gasteiger partial charge on any atom is -0.545 e. The van der Waals surface area contributed by atoms with E-state index in [1.54, 1.807) is 18.2 Å². The SMILES string of the molecule is CCSOc1ccccc1C(=O)[O-].[Hg].[Na+]. The summed E-state index contributed by atoms with van der Waals surface area (Å²) in [4.78, 5) is 10.6. The summed E-state index contributed by atoms with van der Waals surface area (Å²) in [7, 11) is 0. The van der Waals surface area contributed by atoms with Gasteiger partial charge in [-0.3, -0.25) is 0 Å². The van der Waals surface area contributed by atoms with E-state index in [1.165, 1.54) is 18.1 Å². The van der Waals surface area contributed by atoms with Crippen molar-refractivity contribution < 1.29 is 71.3 Å². The Bertz CT molecular complexity index is 309. The zero-order valence-corrected chi connectivity index (χ0v) is 17.2. The molecule has 0 amide bonds. The van der Waals surface area contributed by atoms with Crippen molar-refractivity contribution in [3.63, 3.8) is 0 Å². The second-order valence-corrected chi connectivity index (χ2v) is 3.25. The van der Waals surface area contributed by atoms with Crippen LogP contribution in [0.15, 0.2) is 24.3 Å². The molecule has 0 saturated heterocycles. The first-order valence-corrected chi connectivity index (χ1v) is 4.76. The number of rotatable bonds is 4. The van der Waals surface area contributed by atoms with E-state index >= 15 is 0 Å². The second kappa shape index (κ2) is 9.96. The standard InChI is InChI=1S/C9H10O3S.Hg.Na/c1-2-13-12-8-6-4-3-5-7(8)9(10)11;;/h3-6H,2H2,1H3,(H,10,11);;/q;;+1/p-1. The number of aromatic carboxylic acids is 1. The normalized spacial score (nSPS) is 8.33. The fourth-order valence-corrected chi connectivity index (χ4v) is 1.22. The molecule has 0 aliphatic heterocycles. The quantitative estimate of drug-likeness (QED) is 0.422. The van der Waals surface area contributed by atoms with Crippen molar-refractivity contribution in [2.75, 3.05) is 5.75 Å². The molecular formula is C9H9HgNaO3S. The molecule has 3 nitrogen and oxygen atoms in total. The molecule has 1 rings (SSSR count). The smallest absolute Gasteiger partial charge is 0.545 e. The van der Waals surface area contributed by atoms with Gasteiger partial charge in [0.2, 0.25) is 0 Å². The van der Waals surface area contributed by atoms with Gasteiger partial charge in [0.25, 0.3) is 0 Å². The number of carbonyl (C=O) groups excluding carboxylic acids is 1. The summed E-state index contributed by atoms with van der Waals surface area (Å²) >= 11 is 1.20. The Morgan fingerprint density at radius 3 is 2.60 bits per heavy atom. The van der Waals surface area contributed by atoms with Crippen molar-refractivity contribution in [1.82, 2.24) is 0 Å². The molecule has 6 heteroatoms. The molecule has 0 heterocycles. The summed E-state index contributed by atoms with van der Waals surface area (Å²) in [6.07, 6.45) is 0. The van der Waals surface area contributed by atoms with Gasteiger partial charge in [-0.05, 0) is 12.1 Å². The van der Waals surface area contributed by atoms with Gasteiger partial charge in [0.1, 0.15) is 5.75 Å². The predicted molar refractivity (Wildman–Crippen MR) is 49.5 cm³/mol. The fourth-order valence-electron chi connectivity index (χ4n) is 0.830. The average Bonchev–Trinajstić information content (AvgIpc) is 2.15. The van der Waals surface area contributed by atoms with Crippen LogP contribution in [0.25, 0.3) is 0 Å². The van der Waals surface area contributed by atoms with Gasteiger partial charge in [0.05, 0.1) is 18.0 Å². The van der Waals surface area contributed by atoms with Crippen molar-refractivity contribution in [2.45, 2.75) is 6.92 Å². The van der Waals surface area contributed by atoms with Crippen molar-refractivity contribution in [3.05, 3.63) is 29.8 Å². The molecule has 1 aromatic carbocycles. The van der Waals surface area contributed by atoms with Gasteiger partial charge in [0, 0.05) is 39.0 Å². The first-order chi connectivity index (χ1) is 6.25. The monoisotopic (exact) mass is 422 g/mol. The Morgan fingerprint density at radius 1 is 1.47 bits per heavy atom. The number of hydrogen-bond donors (Lipinski definition) is 0. The predicted octanol–water partition coefficient (Wildman–Crippen LogP) is -1.90. The van der Waals surface area contributed by atoms with E-state index in [0.717, 1.165) is 5.75 Å².